The second kappa shape index (κ2) is 13.1. The van der Waals surface area contributed by atoms with Crippen molar-refractivity contribution in [3.63, 3.8) is 0 Å². The fraction of sp³-hybridized carbons (Fsp3) is 0.286. The zero-order valence-electron chi connectivity index (χ0n) is 19.2. The van der Waals surface area contributed by atoms with E-state index in [9.17, 15) is 9.59 Å². The summed E-state index contributed by atoms with van der Waals surface area (Å²) >= 11 is 0. The number of carbonyl (C=O) groups is 2. The highest BCUT2D eigenvalue weighted by Gasteiger charge is 2.16. The zero-order valence-corrected chi connectivity index (χ0v) is 19.2. The van der Waals surface area contributed by atoms with Gasteiger partial charge in [0.05, 0.1) is 0 Å². The molecular formula is C28H33N3O2. The number of nitrogens with zero attached hydrogens (tertiary/aromatic N) is 1. The van der Waals surface area contributed by atoms with Gasteiger partial charge in [0, 0.05) is 38.5 Å². The van der Waals surface area contributed by atoms with E-state index in [4.69, 9.17) is 0 Å². The third kappa shape index (κ3) is 7.79. The normalized spacial score (nSPS) is 10.6. The molecule has 3 amide bonds. The van der Waals surface area contributed by atoms with Gasteiger partial charge in [0.1, 0.15) is 0 Å². The van der Waals surface area contributed by atoms with E-state index in [1.165, 1.54) is 11.1 Å². The Balaban J connectivity index is 1.53. The number of benzene rings is 3. The number of hydrogen-bond donors (Lipinski definition) is 2. The van der Waals surface area contributed by atoms with Crippen LogP contribution < -0.4 is 10.6 Å². The second-order valence-electron chi connectivity index (χ2n) is 8.01. The Kier molecular flexibility index (Phi) is 9.52. The lowest BCUT2D eigenvalue weighted by Gasteiger charge is -2.23. The Bertz CT molecular complexity index is 938. The Labute approximate surface area is 196 Å². The molecule has 0 aliphatic carbocycles. The summed E-state index contributed by atoms with van der Waals surface area (Å²) < 4.78 is 0. The van der Waals surface area contributed by atoms with Crippen molar-refractivity contribution in [3.05, 3.63) is 108 Å². The highest BCUT2D eigenvalue weighted by atomic mass is 16.2. The van der Waals surface area contributed by atoms with Crippen LogP contribution in [0.2, 0.25) is 0 Å². The largest absolute Gasteiger partial charge is 0.356 e. The summed E-state index contributed by atoms with van der Waals surface area (Å²) in [7, 11) is 0. The predicted molar refractivity (Wildman–Crippen MR) is 133 cm³/mol. The van der Waals surface area contributed by atoms with E-state index in [0.717, 1.165) is 12.0 Å². The van der Waals surface area contributed by atoms with Crippen LogP contribution in [-0.2, 0) is 11.3 Å². The van der Waals surface area contributed by atoms with Gasteiger partial charge in [0.15, 0.2) is 0 Å². The van der Waals surface area contributed by atoms with Crippen LogP contribution in [0.1, 0.15) is 42.4 Å². The minimum Gasteiger partial charge on any atom is -0.356 e. The molecule has 0 saturated carbocycles. The fourth-order valence-electron chi connectivity index (χ4n) is 3.90. The zero-order chi connectivity index (χ0) is 23.3. The molecule has 3 aromatic carbocycles. The van der Waals surface area contributed by atoms with Crippen LogP contribution in [0.25, 0.3) is 0 Å². The molecule has 0 atom stereocenters. The minimum absolute atomic E-state index is 0.0442. The van der Waals surface area contributed by atoms with Crippen molar-refractivity contribution in [2.24, 2.45) is 0 Å². The number of nitrogens with one attached hydrogen (secondary N) is 2. The third-order valence-corrected chi connectivity index (χ3v) is 5.60. The number of carbonyl (C=O) groups excluding carboxylic acids is 2. The highest BCUT2D eigenvalue weighted by molar-refractivity contribution is 5.78. The molecule has 5 heteroatoms. The average molecular weight is 444 g/mol. The lowest BCUT2D eigenvalue weighted by molar-refractivity contribution is -0.121. The SMILES string of the molecule is CCNC(=O)N(CCC(=O)NCCC(c1ccccc1)c1ccccc1)Cc1ccccc1. The van der Waals surface area contributed by atoms with E-state index in [-0.39, 0.29) is 24.3 Å². The van der Waals surface area contributed by atoms with Crippen LogP contribution in [0, 0.1) is 0 Å². The summed E-state index contributed by atoms with van der Waals surface area (Å²) in [5, 5.41) is 5.88. The lowest BCUT2D eigenvalue weighted by Crippen LogP contribution is -2.41. The van der Waals surface area contributed by atoms with Gasteiger partial charge in [-0.05, 0) is 30.0 Å². The van der Waals surface area contributed by atoms with Gasteiger partial charge in [-0.2, -0.15) is 0 Å². The molecule has 0 spiro atoms. The summed E-state index contributed by atoms with van der Waals surface area (Å²) in [6.45, 7) is 3.86. The standard InChI is InChI=1S/C28H33N3O2/c1-2-29-28(33)31(22-23-12-6-3-7-13-23)21-19-27(32)30-20-18-26(24-14-8-4-9-15-24)25-16-10-5-11-17-25/h3-17,26H,2,18-22H2,1H3,(H,29,33)(H,30,32). The van der Waals surface area contributed by atoms with Gasteiger partial charge < -0.3 is 15.5 Å². The van der Waals surface area contributed by atoms with E-state index in [2.05, 4.69) is 34.9 Å². The van der Waals surface area contributed by atoms with E-state index in [0.29, 0.717) is 26.2 Å². The van der Waals surface area contributed by atoms with Gasteiger partial charge in [0.25, 0.3) is 0 Å². The monoisotopic (exact) mass is 443 g/mol. The number of rotatable bonds is 11. The molecule has 0 unspecified atom stereocenters. The number of amides is 3. The third-order valence-electron chi connectivity index (χ3n) is 5.60. The van der Waals surface area contributed by atoms with Crippen LogP contribution in [-0.4, -0.2) is 36.5 Å². The molecular weight excluding hydrogens is 410 g/mol. The molecule has 33 heavy (non-hydrogen) atoms. The van der Waals surface area contributed by atoms with Crippen LogP contribution >= 0.6 is 0 Å². The van der Waals surface area contributed by atoms with Crippen molar-refractivity contribution >= 4 is 11.9 Å². The highest BCUT2D eigenvalue weighted by Crippen LogP contribution is 2.27. The Morgan fingerprint density at radius 3 is 1.88 bits per heavy atom. The molecule has 0 fully saturated rings. The van der Waals surface area contributed by atoms with Crippen molar-refractivity contribution in [2.75, 3.05) is 19.6 Å². The topological polar surface area (TPSA) is 61.4 Å². The lowest BCUT2D eigenvalue weighted by atomic mass is 9.88. The second-order valence-corrected chi connectivity index (χ2v) is 8.01. The van der Waals surface area contributed by atoms with Crippen molar-refractivity contribution in [2.45, 2.75) is 32.2 Å². The molecule has 172 valence electrons. The van der Waals surface area contributed by atoms with Crippen LogP contribution in [0.5, 0.6) is 0 Å². The van der Waals surface area contributed by atoms with Crippen molar-refractivity contribution in [1.29, 1.82) is 0 Å². The van der Waals surface area contributed by atoms with E-state index in [1.54, 1.807) is 4.90 Å². The molecule has 0 aliphatic rings. The summed E-state index contributed by atoms with van der Waals surface area (Å²) in [5.74, 6) is 0.176. The summed E-state index contributed by atoms with van der Waals surface area (Å²) in [4.78, 5) is 26.7. The Hall–Kier alpha value is -3.60. The van der Waals surface area contributed by atoms with E-state index in [1.807, 2.05) is 73.7 Å². The first kappa shape index (κ1) is 24.1. The molecule has 3 aromatic rings. The smallest absolute Gasteiger partial charge is 0.317 e. The molecule has 0 radical (unpaired) electrons. The van der Waals surface area contributed by atoms with E-state index >= 15 is 0 Å². The summed E-state index contributed by atoms with van der Waals surface area (Å²) in [6, 6.07) is 30.4. The first-order valence-corrected chi connectivity index (χ1v) is 11.6. The van der Waals surface area contributed by atoms with Gasteiger partial charge in [-0.1, -0.05) is 91.0 Å². The first-order chi connectivity index (χ1) is 16.2. The Morgan fingerprint density at radius 2 is 1.33 bits per heavy atom. The molecule has 0 heterocycles. The Morgan fingerprint density at radius 1 is 0.788 bits per heavy atom. The van der Waals surface area contributed by atoms with Gasteiger partial charge in [-0.3, -0.25) is 4.79 Å². The molecule has 0 aromatic heterocycles. The minimum atomic E-state index is -0.151. The maximum absolute atomic E-state index is 12.6. The summed E-state index contributed by atoms with van der Waals surface area (Å²) in [6.07, 6.45) is 1.08. The quantitative estimate of drug-likeness (QED) is 0.441. The maximum Gasteiger partial charge on any atom is 0.317 e. The van der Waals surface area contributed by atoms with Gasteiger partial charge in [0.2, 0.25) is 5.91 Å². The molecule has 5 nitrogen and oxygen atoms in total. The molecule has 2 N–H and O–H groups in total. The summed E-state index contributed by atoms with van der Waals surface area (Å²) in [5.41, 5.74) is 3.52. The molecule has 0 bridgehead atoms. The average Bonchev–Trinajstić information content (AvgIpc) is 2.86. The molecule has 3 rings (SSSR count). The maximum atomic E-state index is 12.6. The predicted octanol–water partition coefficient (Wildman–Crippen LogP) is 4.95. The van der Waals surface area contributed by atoms with Gasteiger partial charge in [-0.25, -0.2) is 4.79 Å². The van der Waals surface area contributed by atoms with Crippen LogP contribution in [0.3, 0.4) is 0 Å². The van der Waals surface area contributed by atoms with E-state index < -0.39 is 0 Å². The molecule has 0 saturated heterocycles. The number of urea groups is 1. The number of hydrogen-bond acceptors (Lipinski definition) is 2. The van der Waals surface area contributed by atoms with Crippen LogP contribution in [0.15, 0.2) is 91.0 Å². The fourth-order valence-corrected chi connectivity index (χ4v) is 3.90. The van der Waals surface area contributed by atoms with Gasteiger partial charge >= 0.3 is 6.03 Å². The van der Waals surface area contributed by atoms with Crippen LogP contribution in [0.4, 0.5) is 4.79 Å². The van der Waals surface area contributed by atoms with Crippen molar-refractivity contribution < 1.29 is 9.59 Å². The molecule has 0 aliphatic heterocycles. The van der Waals surface area contributed by atoms with Gasteiger partial charge in [-0.15, -0.1) is 0 Å². The van der Waals surface area contributed by atoms with Crippen molar-refractivity contribution in [3.8, 4) is 0 Å². The van der Waals surface area contributed by atoms with Crippen molar-refractivity contribution in [1.82, 2.24) is 15.5 Å². The first-order valence-electron chi connectivity index (χ1n) is 11.6.